The molecule has 6 rings (SSSR count). The van der Waals surface area contributed by atoms with Crippen LogP contribution in [0.4, 0.5) is 4.39 Å². The number of aliphatic hydroxyl groups excluding tert-OH is 2. The number of alkyl halides is 1. The summed E-state index contributed by atoms with van der Waals surface area (Å²) in [5.74, 6) is -5.65. The Morgan fingerprint density at radius 3 is 2.26 bits per heavy atom. The van der Waals surface area contributed by atoms with E-state index in [0.29, 0.717) is 0 Å². The number of carbonyl (C=O) groups is 3. The molecule has 2 spiro atoms. The normalized spacial score (nSPS) is 61.0. The highest BCUT2D eigenvalue weighted by Gasteiger charge is 3.05. The lowest BCUT2D eigenvalue weighted by molar-refractivity contribution is -0.240. The van der Waals surface area contributed by atoms with Crippen LogP contribution < -0.4 is 0 Å². The number of ether oxygens (including phenoxy) is 4. The number of hydrogen-bond donors (Lipinski definition) is 3. The van der Waals surface area contributed by atoms with Crippen LogP contribution in [0.25, 0.3) is 0 Å². The van der Waals surface area contributed by atoms with E-state index in [1.165, 1.54) is 6.92 Å². The van der Waals surface area contributed by atoms with E-state index in [1.54, 1.807) is 20.8 Å². The minimum atomic E-state index is -2.48. The second-order valence-electron chi connectivity index (χ2n) is 10.7. The highest BCUT2D eigenvalue weighted by molar-refractivity contribution is 5.94. The fourth-order valence-corrected chi connectivity index (χ4v) is 8.19. The summed E-state index contributed by atoms with van der Waals surface area (Å²) < 4.78 is 38.1. The van der Waals surface area contributed by atoms with Crippen molar-refractivity contribution in [2.75, 3.05) is 0 Å². The molecule has 170 valence electrons. The molecule has 2 saturated carbocycles. The van der Waals surface area contributed by atoms with E-state index in [0.717, 1.165) is 0 Å². The van der Waals surface area contributed by atoms with E-state index in [1.807, 2.05) is 0 Å². The quantitative estimate of drug-likeness (QED) is 0.302. The molecule has 12 atom stereocenters. The van der Waals surface area contributed by atoms with Gasteiger partial charge in [0.2, 0.25) is 11.9 Å². The standard InChI is InChI=1S/C20H23FO10/c1-5-12(24)28-11-8(22)18-10-6(21)7(16(2,3)4)17(18)9(23)13(25)30-15(17)31-20(18,14(26)29-10)19(5,11)27/h5-11,15,22-23,27H,1-4H3/t5-,6-,7?,8-,9+,10?,11+,15+,17?,18?,19-,20-/m1/s1/i21-1. The van der Waals surface area contributed by atoms with Crippen LogP contribution in [0.15, 0.2) is 0 Å². The number of fused-ring (bicyclic) bond motifs is 1. The van der Waals surface area contributed by atoms with E-state index >= 15 is 4.39 Å². The molecule has 2 aliphatic carbocycles. The van der Waals surface area contributed by atoms with Crippen molar-refractivity contribution in [1.29, 1.82) is 0 Å². The first kappa shape index (κ1) is 19.8. The Kier molecular flexibility index (Phi) is 3.14. The first-order valence-corrected chi connectivity index (χ1v) is 10.3. The van der Waals surface area contributed by atoms with Gasteiger partial charge in [0.05, 0.1) is 16.7 Å². The van der Waals surface area contributed by atoms with Crippen LogP contribution in [0.2, 0.25) is 0 Å². The highest BCUT2D eigenvalue weighted by atomic mass is 18.2. The number of halogens is 1. The molecule has 4 unspecified atom stereocenters. The fourth-order valence-electron chi connectivity index (χ4n) is 8.19. The van der Waals surface area contributed by atoms with Gasteiger partial charge in [0.1, 0.15) is 18.4 Å². The summed E-state index contributed by atoms with van der Waals surface area (Å²) in [6.45, 7) is 6.36. The van der Waals surface area contributed by atoms with Crippen molar-refractivity contribution < 1.29 is 53.0 Å². The predicted octanol–water partition coefficient (Wildman–Crippen LogP) is -1.42. The van der Waals surface area contributed by atoms with Crippen LogP contribution in [0.3, 0.4) is 0 Å². The van der Waals surface area contributed by atoms with E-state index in [9.17, 15) is 29.7 Å². The Balaban J connectivity index is 1.75. The van der Waals surface area contributed by atoms with Crippen molar-refractivity contribution >= 4 is 17.9 Å². The molecule has 3 N–H and O–H groups in total. The third-order valence-electron chi connectivity index (χ3n) is 8.91. The monoisotopic (exact) mass is 441 g/mol. The summed E-state index contributed by atoms with van der Waals surface area (Å²) in [6, 6.07) is 0. The molecule has 0 aromatic heterocycles. The first-order chi connectivity index (χ1) is 14.3. The van der Waals surface area contributed by atoms with Gasteiger partial charge in [-0.1, -0.05) is 20.8 Å². The molecule has 0 bridgehead atoms. The number of esters is 3. The second-order valence-corrected chi connectivity index (χ2v) is 10.7. The third kappa shape index (κ3) is 1.43. The minimum absolute atomic E-state index is 0.874. The summed E-state index contributed by atoms with van der Waals surface area (Å²) in [6.07, 6.45) is -10.7. The third-order valence-corrected chi connectivity index (χ3v) is 8.91. The fraction of sp³-hybridized carbons (Fsp3) is 0.850. The second kappa shape index (κ2) is 4.90. The van der Waals surface area contributed by atoms with Crippen LogP contribution in [-0.4, -0.2) is 81.3 Å². The molecule has 4 aliphatic heterocycles. The van der Waals surface area contributed by atoms with Gasteiger partial charge in [0.15, 0.2) is 17.8 Å². The molecule has 0 amide bonds. The molecule has 0 aromatic rings. The van der Waals surface area contributed by atoms with Crippen molar-refractivity contribution in [2.24, 2.45) is 28.1 Å². The Morgan fingerprint density at radius 1 is 1.00 bits per heavy atom. The van der Waals surface area contributed by atoms with Gasteiger partial charge < -0.3 is 34.3 Å². The molecular weight excluding hydrogens is 418 g/mol. The van der Waals surface area contributed by atoms with Gasteiger partial charge in [0, 0.05) is 5.92 Å². The molecule has 0 radical (unpaired) electrons. The summed E-state index contributed by atoms with van der Waals surface area (Å²) >= 11 is 0. The van der Waals surface area contributed by atoms with Gasteiger partial charge in [-0.15, -0.1) is 0 Å². The number of hydrogen-bond acceptors (Lipinski definition) is 10. The predicted molar refractivity (Wildman–Crippen MR) is 92.3 cm³/mol. The van der Waals surface area contributed by atoms with Crippen molar-refractivity contribution in [1.82, 2.24) is 0 Å². The zero-order valence-corrected chi connectivity index (χ0v) is 17.2. The smallest absolute Gasteiger partial charge is 0.343 e. The Hall–Kier alpha value is -1.82. The van der Waals surface area contributed by atoms with Gasteiger partial charge in [-0.3, -0.25) is 4.79 Å². The van der Waals surface area contributed by atoms with Gasteiger partial charge in [-0.2, -0.15) is 0 Å². The summed E-state index contributed by atoms with van der Waals surface area (Å²) in [4.78, 5) is 38.2. The molecule has 0 aromatic carbocycles. The zero-order valence-electron chi connectivity index (χ0n) is 17.2. The zero-order chi connectivity index (χ0) is 22.7. The van der Waals surface area contributed by atoms with E-state index < -0.39 is 94.1 Å². The van der Waals surface area contributed by atoms with Crippen molar-refractivity contribution in [3.8, 4) is 0 Å². The molecule has 31 heavy (non-hydrogen) atoms. The van der Waals surface area contributed by atoms with Crippen LogP contribution in [-0.2, 0) is 33.3 Å². The largest absolute Gasteiger partial charge is 0.456 e. The maximum Gasteiger partial charge on any atom is 0.343 e. The van der Waals surface area contributed by atoms with Crippen LogP contribution >= 0.6 is 0 Å². The summed E-state index contributed by atoms with van der Waals surface area (Å²) in [5, 5.41) is 34.5. The van der Waals surface area contributed by atoms with E-state index in [4.69, 9.17) is 18.9 Å². The molecular formula is C20H23FO10. The molecule has 10 nitrogen and oxygen atoms in total. The molecule has 6 fully saturated rings. The maximum absolute atomic E-state index is 16.2. The average molecular weight is 441 g/mol. The Labute approximate surface area is 175 Å². The van der Waals surface area contributed by atoms with Crippen LogP contribution in [0.5, 0.6) is 0 Å². The van der Waals surface area contributed by atoms with Crippen molar-refractivity contribution in [2.45, 2.75) is 75.8 Å². The first-order valence-electron chi connectivity index (χ1n) is 10.3. The maximum atomic E-state index is 16.2. The average Bonchev–Trinajstić information content (AvgIpc) is 3.35. The number of carbonyl (C=O) groups excluding carboxylic acids is 3. The van der Waals surface area contributed by atoms with Crippen molar-refractivity contribution in [3.63, 3.8) is 0 Å². The molecule has 4 saturated heterocycles. The van der Waals surface area contributed by atoms with E-state index in [2.05, 4.69) is 0 Å². The Bertz CT molecular complexity index is 962. The summed E-state index contributed by atoms with van der Waals surface area (Å²) in [7, 11) is 0. The van der Waals surface area contributed by atoms with Gasteiger partial charge in [-0.25, -0.2) is 14.0 Å². The number of aliphatic hydroxyl groups is 3. The SMILES string of the molecule is C[C@@H]1C(=O)O[C@H]2[C@@H](O)C34C5OC(=O)[C@]3(O[C@@H]3OC(=O)[C@H](O)C34C(C(C)(C)C)[C@H]5[18F])[C@@]12O. The number of rotatable bonds is 0. The van der Waals surface area contributed by atoms with Gasteiger partial charge >= 0.3 is 17.9 Å². The van der Waals surface area contributed by atoms with Crippen LogP contribution in [0, 0.1) is 28.1 Å². The highest BCUT2D eigenvalue weighted by Crippen LogP contribution is 2.84. The van der Waals surface area contributed by atoms with Gasteiger partial charge in [-0.05, 0) is 12.3 Å². The summed E-state index contributed by atoms with van der Waals surface area (Å²) in [5.41, 5.74) is -9.91. The molecule has 11 heteroatoms. The topological polar surface area (TPSA) is 149 Å². The Morgan fingerprint density at radius 2 is 1.65 bits per heavy atom. The van der Waals surface area contributed by atoms with Crippen LogP contribution in [0.1, 0.15) is 27.7 Å². The minimum Gasteiger partial charge on any atom is -0.456 e. The molecule has 4 heterocycles. The lowest BCUT2D eigenvalue weighted by Gasteiger charge is -2.47. The van der Waals surface area contributed by atoms with Crippen molar-refractivity contribution in [3.05, 3.63) is 0 Å². The lowest BCUT2D eigenvalue weighted by Crippen LogP contribution is -2.67. The molecule has 6 aliphatic rings. The van der Waals surface area contributed by atoms with Gasteiger partial charge in [0.25, 0.3) is 0 Å². The van der Waals surface area contributed by atoms with E-state index in [-0.39, 0.29) is 0 Å². The lowest BCUT2D eigenvalue weighted by atomic mass is 9.51.